The Hall–Kier alpha value is -3.39. The van der Waals surface area contributed by atoms with E-state index in [1.54, 1.807) is 17.7 Å². The summed E-state index contributed by atoms with van der Waals surface area (Å²) in [6.45, 7) is 1.75. The Morgan fingerprint density at radius 1 is 1.03 bits per heavy atom. The molecule has 0 amide bonds. The van der Waals surface area contributed by atoms with E-state index in [1.165, 1.54) is 12.1 Å². The van der Waals surface area contributed by atoms with Gasteiger partial charge in [0.05, 0.1) is 5.39 Å². The van der Waals surface area contributed by atoms with Crippen molar-refractivity contribution in [3.63, 3.8) is 0 Å². The molecule has 6 nitrogen and oxygen atoms in total. The van der Waals surface area contributed by atoms with Gasteiger partial charge in [0.2, 0.25) is 0 Å². The Morgan fingerprint density at radius 2 is 1.94 bits per heavy atom. The highest BCUT2D eigenvalue weighted by molar-refractivity contribution is 7.17. The minimum atomic E-state index is -0.237. The lowest BCUT2D eigenvalue weighted by Gasteiger charge is -2.33. The maximum Gasteiger partial charge on any atom is 0.160 e. The normalized spacial score (nSPS) is 16.9. The van der Waals surface area contributed by atoms with Gasteiger partial charge in [0.15, 0.2) is 5.65 Å². The molecule has 0 saturated carbocycles. The molecular formula is C23H19FN6S. The third-order valence-electron chi connectivity index (χ3n) is 5.93. The quantitative estimate of drug-likeness (QED) is 0.406. The van der Waals surface area contributed by atoms with E-state index in [0.717, 1.165) is 64.6 Å². The predicted molar refractivity (Wildman–Crippen MR) is 120 cm³/mol. The number of piperidine rings is 1. The van der Waals surface area contributed by atoms with Crippen molar-refractivity contribution in [1.29, 1.82) is 0 Å². The number of rotatable bonds is 3. The summed E-state index contributed by atoms with van der Waals surface area (Å²) in [7, 11) is 0. The summed E-state index contributed by atoms with van der Waals surface area (Å²) in [5.74, 6) is 1.96. The van der Waals surface area contributed by atoms with E-state index in [2.05, 4.69) is 34.8 Å². The van der Waals surface area contributed by atoms with Crippen LogP contribution in [0.4, 0.5) is 10.2 Å². The van der Waals surface area contributed by atoms with E-state index in [0.29, 0.717) is 0 Å². The predicted octanol–water partition coefficient (Wildman–Crippen LogP) is 4.92. The van der Waals surface area contributed by atoms with E-state index in [4.69, 9.17) is 0 Å². The monoisotopic (exact) mass is 430 g/mol. The van der Waals surface area contributed by atoms with Gasteiger partial charge in [-0.25, -0.2) is 14.4 Å². The Bertz CT molecular complexity index is 1380. The highest BCUT2D eigenvalue weighted by Crippen LogP contribution is 2.39. The van der Waals surface area contributed by atoms with Crippen molar-refractivity contribution in [1.82, 2.24) is 24.6 Å². The number of thiophene rings is 1. The zero-order valence-electron chi connectivity index (χ0n) is 16.6. The van der Waals surface area contributed by atoms with Gasteiger partial charge in [-0.1, -0.05) is 18.2 Å². The molecule has 1 aliphatic rings. The Labute approximate surface area is 182 Å². The van der Waals surface area contributed by atoms with Gasteiger partial charge in [-0.2, -0.15) is 0 Å². The third kappa shape index (κ3) is 3.14. The van der Waals surface area contributed by atoms with Gasteiger partial charge in [-0.3, -0.25) is 4.40 Å². The number of pyridine rings is 1. The van der Waals surface area contributed by atoms with Gasteiger partial charge in [0.1, 0.15) is 28.6 Å². The molecule has 0 bridgehead atoms. The van der Waals surface area contributed by atoms with Crippen LogP contribution in [0.5, 0.6) is 0 Å². The molecular weight excluding hydrogens is 411 g/mol. The molecule has 1 aliphatic heterocycles. The summed E-state index contributed by atoms with van der Waals surface area (Å²) in [5, 5.41) is 11.9. The number of halogens is 1. The molecule has 5 aromatic rings. The topological polar surface area (TPSA) is 59.2 Å². The summed E-state index contributed by atoms with van der Waals surface area (Å²) in [5.41, 5.74) is 2.89. The molecule has 31 heavy (non-hydrogen) atoms. The van der Waals surface area contributed by atoms with Gasteiger partial charge in [-0.05, 0) is 42.7 Å². The highest BCUT2D eigenvalue weighted by Gasteiger charge is 2.28. The van der Waals surface area contributed by atoms with Crippen LogP contribution in [0.25, 0.3) is 27.0 Å². The average Bonchev–Trinajstić information content (AvgIpc) is 3.44. The van der Waals surface area contributed by atoms with E-state index < -0.39 is 0 Å². The van der Waals surface area contributed by atoms with Crippen molar-refractivity contribution in [2.24, 2.45) is 0 Å². The zero-order valence-corrected chi connectivity index (χ0v) is 17.5. The minimum Gasteiger partial charge on any atom is -0.355 e. The standard InChI is InChI=1S/C23H19FN6S/c24-17-8-6-15(7-9-17)18-13-31-23-20(18)22(25-14-26-23)29-10-3-4-16(12-29)21-28-27-19-5-1-2-11-30(19)21/h1-2,5-9,11,13-14,16H,3-4,10,12H2. The van der Waals surface area contributed by atoms with Crippen LogP contribution in [-0.4, -0.2) is 37.7 Å². The molecule has 1 atom stereocenters. The largest absolute Gasteiger partial charge is 0.355 e. The third-order valence-corrected chi connectivity index (χ3v) is 6.82. The van der Waals surface area contributed by atoms with Crippen molar-refractivity contribution in [2.45, 2.75) is 18.8 Å². The molecule has 6 rings (SSSR count). The zero-order chi connectivity index (χ0) is 20.8. The number of aromatic nitrogens is 5. The van der Waals surface area contributed by atoms with Gasteiger partial charge in [-0.15, -0.1) is 21.5 Å². The first-order valence-corrected chi connectivity index (χ1v) is 11.2. The first-order valence-electron chi connectivity index (χ1n) is 10.3. The number of fused-ring (bicyclic) bond motifs is 2. The Morgan fingerprint density at radius 3 is 2.84 bits per heavy atom. The number of anilines is 1. The molecule has 0 aliphatic carbocycles. The molecule has 4 aromatic heterocycles. The second kappa shape index (κ2) is 7.39. The summed E-state index contributed by atoms with van der Waals surface area (Å²) < 4.78 is 15.5. The lowest BCUT2D eigenvalue weighted by atomic mass is 9.96. The van der Waals surface area contributed by atoms with Crippen molar-refractivity contribution in [2.75, 3.05) is 18.0 Å². The van der Waals surface area contributed by atoms with Crippen molar-refractivity contribution >= 4 is 33.0 Å². The van der Waals surface area contributed by atoms with E-state index in [-0.39, 0.29) is 11.7 Å². The van der Waals surface area contributed by atoms with Crippen LogP contribution >= 0.6 is 11.3 Å². The summed E-state index contributed by atoms with van der Waals surface area (Å²) >= 11 is 1.59. The van der Waals surface area contributed by atoms with Gasteiger partial charge in [0.25, 0.3) is 0 Å². The molecule has 8 heteroatoms. The summed E-state index contributed by atoms with van der Waals surface area (Å²) in [6.07, 6.45) is 5.78. The van der Waals surface area contributed by atoms with Crippen LogP contribution in [-0.2, 0) is 0 Å². The highest BCUT2D eigenvalue weighted by atomic mass is 32.1. The molecule has 1 saturated heterocycles. The van der Waals surface area contributed by atoms with Gasteiger partial charge >= 0.3 is 0 Å². The van der Waals surface area contributed by atoms with Crippen LogP contribution < -0.4 is 4.90 Å². The molecule has 1 unspecified atom stereocenters. The second-order valence-corrected chi connectivity index (χ2v) is 8.66. The molecule has 154 valence electrons. The van der Waals surface area contributed by atoms with Crippen LogP contribution in [0.2, 0.25) is 0 Å². The fourth-order valence-corrected chi connectivity index (χ4v) is 5.37. The Balaban J connectivity index is 1.40. The molecule has 0 spiro atoms. The number of benzene rings is 1. The fourth-order valence-electron chi connectivity index (χ4n) is 4.46. The van der Waals surface area contributed by atoms with Crippen LogP contribution in [0, 0.1) is 5.82 Å². The molecule has 1 aromatic carbocycles. The van der Waals surface area contributed by atoms with Gasteiger partial charge < -0.3 is 4.90 Å². The molecule has 0 N–H and O–H groups in total. The fraction of sp³-hybridized carbons (Fsp3) is 0.217. The smallest absolute Gasteiger partial charge is 0.160 e. The van der Waals surface area contributed by atoms with Crippen LogP contribution in [0.3, 0.4) is 0 Å². The first kappa shape index (κ1) is 18.4. The lowest BCUT2D eigenvalue weighted by Crippen LogP contribution is -2.35. The van der Waals surface area contributed by atoms with Crippen LogP contribution in [0.1, 0.15) is 24.6 Å². The maximum absolute atomic E-state index is 13.5. The van der Waals surface area contributed by atoms with E-state index in [1.807, 2.05) is 36.5 Å². The Kier molecular flexibility index (Phi) is 4.38. The minimum absolute atomic E-state index is 0.237. The van der Waals surface area contributed by atoms with Crippen molar-refractivity contribution in [3.8, 4) is 11.1 Å². The van der Waals surface area contributed by atoms with E-state index >= 15 is 0 Å². The number of hydrogen-bond acceptors (Lipinski definition) is 6. The molecule has 1 fully saturated rings. The number of nitrogens with zero attached hydrogens (tertiary/aromatic N) is 6. The van der Waals surface area contributed by atoms with Crippen LogP contribution in [0.15, 0.2) is 60.4 Å². The maximum atomic E-state index is 13.5. The molecule has 5 heterocycles. The lowest BCUT2D eigenvalue weighted by molar-refractivity contribution is 0.486. The average molecular weight is 431 g/mol. The summed E-state index contributed by atoms with van der Waals surface area (Å²) in [4.78, 5) is 12.5. The number of hydrogen-bond donors (Lipinski definition) is 0. The van der Waals surface area contributed by atoms with Crippen molar-refractivity contribution in [3.05, 3.63) is 72.0 Å². The first-order chi connectivity index (χ1) is 15.3. The summed E-state index contributed by atoms with van der Waals surface area (Å²) in [6, 6.07) is 12.6. The van der Waals surface area contributed by atoms with E-state index in [9.17, 15) is 4.39 Å². The molecule has 0 radical (unpaired) electrons. The van der Waals surface area contributed by atoms with Crippen molar-refractivity contribution < 1.29 is 4.39 Å². The second-order valence-electron chi connectivity index (χ2n) is 7.81. The SMILES string of the molecule is Fc1ccc(-c2csc3ncnc(N4CCCC(c5nnc6ccccn56)C4)c23)cc1. The van der Waals surface area contributed by atoms with Gasteiger partial charge in [0, 0.05) is 36.1 Å².